The molecule has 0 unspecified atom stereocenters. The minimum atomic E-state index is 0.0766. The van der Waals surface area contributed by atoms with Crippen LogP contribution in [-0.4, -0.2) is 40.2 Å². The number of rotatable bonds is 3. The molecule has 0 saturated carbocycles. The first-order valence-electron chi connectivity index (χ1n) is 8.36. The number of carbonyl (C=O) groups excluding carboxylic acids is 1. The SMILES string of the molecule is Cc1cc(C(=O)N2CCC(CO)CC2)c(C)n1-c1cccc(Cl)c1. The largest absolute Gasteiger partial charge is 0.396 e. The molecule has 1 aliphatic heterocycles. The fraction of sp³-hybridized carbons (Fsp3) is 0.421. The summed E-state index contributed by atoms with van der Waals surface area (Å²) >= 11 is 6.11. The maximum Gasteiger partial charge on any atom is 0.255 e. The molecule has 2 heterocycles. The van der Waals surface area contributed by atoms with E-state index < -0.39 is 0 Å². The third-order valence-corrected chi connectivity index (χ3v) is 5.12. The zero-order valence-corrected chi connectivity index (χ0v) is 14.9. The lowest BCUT2D eigenvalue weighted by Gasteiger charge is -2.31. The molecule has 0 aliphatic carbocycles. The van der Waals surface area contributed by atoms with Crippen LogP contribution in [0.25, 0.3) is 5.69 Å². The summed E-state index contributed by atoms with van der Waals surface area (Å²) in [5.74, 6) is 0.403. The highest BCUT2D eigenvalue weighted by atomic mass is 35.5. The molecule has 1 aromatic carbocycles. The molecule has 1 amide bonds. The normalized spacial score (nSPS) is 15.8. The fourth-order valence-corrected chi connectivity index (χ4v) is 3.67. The summed E-state index contributed by atoms with van der Waals surface area (Å²) in [5.41, 5.74) is 3.66. The molecule has 3 rings (SSSR count). The van der Waals surface area contributed by atoms with Crippen molar-refractivity contribution in [2.24, 2.45) is 5.92 Å². The van der Waals surface area contributed by atoms with Gasteiger partial charge in [0.25, 0.3) is 5.91 Å². The molecule has 1 N–H and O–H groups in total. The second-order valence-corrected chi connectivity index (χ2v) is 6.95. The molecule has 0 atom stereocenters. The molecule has 1 fully saturated rings. The van der Waals surface area contributed by atoms with Gasteiger partial charge in [-0.2, -0.15) is 0 Å². The number of carbonyl (C=O) groups is 1. The maximum absolute atomic E-state index is 12.9. The van der Waals surface area contributed by atoms with Gasteiger partial charge in [0.15, 0.2) is 0 Å². The van der Waals surface area contributed by atoms with E-state index in [1.165, 1.54) is 0 Å². The Morgan fingerprint density at radius 2 is 1.96 bits per heavy atom. The van der Waals surface area contributed by atoms with E-state index >= 15 is 0 Å². The molecular formula is C19H23ClN2O2. The summed E-state index contributed by atoms with van der Waals surface area (Å²) in [6, 6.07) is 9.61. The monoisotopic (exact) mass is 346 g/mol. The minimum Gasteiger partial charge on any atom is -0.396 e. The van der Waals surface area contributed by atoms with Gasteiger partial charge in [0.2, 0.25) is 0 Å². The van der Waals surface area contributed by atoms with Gasteiger partial charge in [-0.05, 0) is 56.9 Å². The van der Waals surface area contributed by atoms with E-state index in [-0.39, 0.29) is 12.5 Å². The Bertz CT molecular complexity index is 746. The number of hydrogen-bond acceptors (Lipinski definition) is 2. The number of nitrogens with zero attached hydrogens (tertiary/aromatic N) is 2. The third-order valence-electron chi connectivity index (χ3n) is 4.89. The van der Waals surface area contributed by atoms with Gasteiger partial charge < -0.3 is 14.6 Å². The Kier molecular flexibility index (Phi) is 4.97. The smallest absolute Gasteiger partial charge is 0.255 e. The summed E-state index contributed by atoms with van der Waals surface area (Å²) in [5, 5.41) is 9.93. The van der Waals surface area contributed by atoms with Gasteiger partial charge in [0, 0.05) is 41.8 Å². The zero-order valence-electron chi connectivity index (χ0n) is 14.1. The van der Waals surface area contributed by atoms with Crippen LogP contribution in [0.3, 0.4) is 0 Å². The lowest BCUT2D eigenvalue weighted by atomic mass is 9.97. The quantitative estimate of drug-likeness (QED) is 0.923. The molecule has 1 aliphatic rings. The first-order chi connectivity index (χ1) is 11.5. The number of likely N-dealkylation sites (tertiary alicyclic amines) is 1. The highest BCUT2D eigenvalue weighted by Gasteiger charge is 2.26. The second kappa shape index (κ2) is 6.99. The first kappa shape index (κ1) is 17.1. The van der Waals surface area contributed by atoms with Crippen molar-refractivity contribution >= 4 is 17.5 Å². The molecule has 4 nitrogen and oxygen atoms in total. The van der Waals surface area contributed by atoms with Gasteiger partial charge in [-0.1, -0.05) is 17.7 Å². The van der Waals surface area contributed by atoms with Crippen LogP contribution in [0.1, 0.15) is 34.6 Å². The van der Waals surface area contributed by atoms with E-state index in [1.54, 1.807) is 0 Å². The molecule has 0 radical (unpaired) electrons. The highest BCUT2D eigenvalue weighted by molar-refractivity contribution is 6.30. The average Bonchev–Trinajstić information content (AvgIpc) is 2.89. The van der Waals surface area contributed by atoms with Crippen molar-refractivity contribution in [2.75, 3.05) is 19.7 Å². The number of hydrogen-bond donors (Lipinski definition) is 1. The van der Waals surface area contributed by atoms with Crippen LogP contribution in [0.15, 0.2) is 30.3 Å². The molecule has 128 valence electrons. The Balaban J connectivity index is 1.88. The van der Waals surface area contributed by atoms with Crippen LogP contribution < -0.4 is 0 Å². The summed E-state index contributed by atoms with van der Waals surface area (Å²) in [6.07, 6.45) is 1.74. The lowest BCUT2D eigenvalue weighted by Crippen LogP contribution is -2.39. The van der Waals surface area contributed by atoms with Gasteiger partial charge >= 0.3 is 0 Å². The van der Waals surface area contributed by atoms with Crippen LogP contribution in [0, 0.1) is 19.8 Å². The molecule has 24 heavy (non-hydrogen) atoms. The summed E-state index contributed by atoms with van der Waals surface area (Å²) in [6.45, 7) is 5.62. The van der Waals surface area contributed by atoms with Gasteiger partial charge in [-0.3, -0.25) is 4.79 Å². The average molecular weight is 347 g/mol. The first-order valence-corrected chi connectivity index (χ1v) is 8.74. The molecule has 0 bridgehead atoms. The van der Waals surface area contributed by atoms with Gasteiger partial charge in [-0.25, -0.2) is 0 Å². The summed E-state index contributed by atoms with van der Waals surface area (Å²) < 4.78 is 2.07. The van der Waals surface area contributed by atoms with Crippen LogP contribution in [0.4, 0.5) is 0 Å². The Hall–Kier alpha value is -1.78. The standard InChI is InChI=1S/C19H23ClN2O2/c1-13-10-18(19(24)21-8-6-15(12-23)7-9-21)14(2)22(13)17-5-3-4-16(20)11-17/h3-5,10-11,15,23H,6-9,12H2,1-2H3. The molecule has 0 spiro atoms. The predicted octanol–water partition coefficient (Wildman–Crippen LogP) is 3.59. The topological polar surface area (TPSA) is 45.5 Å². The van der Waals surface area contributed by atoms with Crippen molar-refractivity contribution in [1.29, 1.82) is 0 Å². The van der Waals surface area contributed by atoms with E-state index in [9.17, 15) is 9.90 Å². The number of aliphatic hydroxyl groups excluding tert-OH is 1. The van der Waals surface area contributed by atoms with Gasteiger partial charge in [0.1, 0.15) is 0 Å². The fourth-order valence-electron chi connectivity index (χ4n) is 3.48. The van der Waals surface area contributed by atoms with Crippen LogP contribution in [0.2, 0.25) is 5.02 Å². The van der Waals surface area contributed by atoms with E-state index in [4.69, 9.17) is 11.6 Å². The summed E-state index contributed by atoms with van der Waals surface area (Å²) in [7, 11) is 0. The van der Waals surface area contributed by atoms with Gasteiger partial charge in [0.05, 0.1) is 5.56 Å². The number of benzene rings is 1. The Labute approximate surface area is 147 Å². The van der Waals surface area contributed by atoms with Crippen LogP contribution in [-0.2, 0) is 0 Å². The van der Waals surface area contributed by atoms with Crippen molar-refractivity contribution in [1.82, 2.24) is 9.47 Å². The Morgan fingerprint density at radius 1 is 1.25 bits per heavy atom. The predicted molar refractivity (Wildman–Crippen MR) is 96.0 cm³/mol. The van der Waals surface area contributed by atoms with Crippen molar-refractivity contribution in [2.45, 2.75) is 26.7 Å². The van der Waals surface area contributed by atoms with Crippen molar-refractivity contribution < 1.29 is 9.90 Å². The van der Waals surface area contributed by atoms with Gasteiger partial charge in [-0.15, -0.1) is 0 Å². The van der Waals surface area contributed by atoms with Crippen molar-refractivity contribution in [3.8, 4) is 5.69 Å². The van der Waals surface area contributed by atoms with E-state index in [0.717, 1.165) is 35.5 Å². The van der Waals surface area contributed by atoms with Crippen molar-refractivity contribution in [3.05, 3.63) is 52.3 Å². The summed E-state index contributed by atoms with van der Waals surface area (Å²) in [4.78, 5) is 14.8. The van der Waals surface area contributed by atoms with Crippen molar-refractivity contribution in [3.63, 3.8) is 0 Å². The number of aromatic nitrogens is 1. The molecule has 1 aromatic heterocycles. The highest BCUT2D eigenvalue weighted by Crippen LogP contribution is 2.25. The number of halogens is 1. The number of aliphatic hydroxyl groups is 1. The van der Waals surface area contributed by atoms with Crippen LogP contribution >= 0.6 is 11.6 Å². The Morgan fingerprint density at radius 3 is 2.58 bits per heavy atom. The molecule has 1 saturated heterocycles. The molecule has 5 heteroatoms. The minimum absolute atomic E-state index is 0.0766. The van der Waals surface area contributed by atoms with E-state index in [0.29, 0.717) is 24.0 Å². The number of aryl methyl sites for hydroxylation is 1. The lowest BCUT2D eigenvalue weighted by molar-refractivity contribution is 0.0650. The zero-order chi connectivity index (χ0) is 17.3. The number of piperidine rings is 1. The molecular weight excluding hydrogens is 324 g/mol. The third kappa shape index (κ3) is 3.21. The second-order valence-electron chi connectivity index (χ2n) is 6.52. The number of amides is 1. The van der Waals surface area contributed by atoms with E-state index in [1.807, 2.05) is 49.1 Å². The van der Waals surface area contributed by atoms with E-state index in [2.05, 4.69) is 4.57 Å². The maximum atomic E-state index is 12.9. The van der Waals surface area contributed by atoms with Crippen LogP contribution in [0.5, 0.6) is 0 Å². The molecule has 2 aromatic rings.